The van der Waals surface area contributed by atoms with Gasteiger partial charge in [-0.2, -0.15) is 0 Å². The molecule has 1 unspecified atom stereocenters. The van der Waals surface area contributed by atoms with E-state index in [1.54, 1.807) is 36.4 Å². The Labute approximate surface area is 207 Å². The van der Waals surface area contributed by atoms with Crippen LogP contribution < -0.4 is 10.8 Å². The topological polar surface area (TPSA) is 186 Å². The van der Waals surface area contributed by atoms with Crippen molar-refractivity contribution in [2.75, 3.05) is 20.7 Å². The highest BCUT2D eigenvalue weighted by Gasteiger charge is 2.47. The summed E-state index contributed by atoms with van der Waals surface area (Å²) in [6.45, 7) is 0.632. The molecular weight excluding hydrogens is 493 g/mol. The van der Waals surface area contributed by atoms with Gasteiger partial charge in [-0.25, -0.2) is 10.0 Å². The summed E-state index contributed by atoms with van der Waals surface area (Å²) < 4.78 is 15.0. The van der Waals surface area contributed by atoms with Gasteiger partial charge in [-0.3, -0.25) is 24.1 Å². The second-order valence-corrected chi connectivity index (χ2v) is 8.95. The van der Waals surface area contributed by atoms with E-state index in [2.05, 4.69) is 21.7 Å². The van der Waals surface area contributed by atoms with Crippen molar-refractivity contribution in [3.05, 3.63) is 70.8 Å². The zero-order chi connectivity index (χ0) is 27.1. The van der Waals surface area contributed by atoms with Crippen LogP contribution in [0.1, 0.15) is 40.1 Å². The number of aliphatic hydroxyl groups excluding tert-OH is 1. The fraction of sp³-hybridized carbons (Fsp3) is 0.261. The Morgan fingerprint density at radius 2 is 1.53 bits per heavy atom. The number of rotatable bonds is 8. The Morgan fingerprint density at radius 3 is 1.97 bits per heavy atom. The van der Waals surface area contributed by atoms with Gasteiger partial charge in [0.2, 0.25) is 0 Å². The van der Waals surface area contributed by atoms with Crippen LogP contribution in [0.3, 0.4) is 0 Å². The predicted octanol–water partition coefficient (Wildman–Crippen LogP) is 0.311. The average molecular weight is 519 g/mol. The Bertz CT molecular complexity index is 1200. The van der Waals surface area contributed by atoms with Crippen molar-refractivity contribution in [2.24, 2.45) is 0 Å². The van der Waals surface area contributed by atoms with Crippen molar-refractivity contribution < 1.29 is 43.6 Å². The minimum atomic E-state index is -4.68. The minimum absolute atomic E-state index is 0.180. The van der Waals surface area contributed by atoms with Crippen molar-refractivity contribution >= 4 is 25.5 Å². The van der Waals surface area contributed by atoms with Crippen LogP contribution in [0.4, 0.5) is 0 Å². The zero-order valence-electron chi connectivity index (χ0n) is 19.6. The largest absolute Gasteiger partial charge is 0.469 e. The summed E-state index contributed by atoms with van der Waals surface area (Å²) in [5.74, 6) is 3.31. The lowest BCUT2D eigenvalue weighted by molar-refractivity contribution is -0.148. The van der Waals surface area contributed by atoms with Gasteiger partial charge >= 0.3 is 7.82 Å². The number of hydroxylamine groups is 1. The molecule has 12 nitrogen and oxygen atoms in total. The first-order chi connectivity index (χ1) is 16.8. The summed E-state index contributed by atoms with van der Waals surface area (Å²) in [5.41, 5.74) is 1.14. The third kappa shape index (κ3) is 6.99. The normalized spacial score (nSPS) is 13.4. The lowest BCUT2D eigenvalue weighted by atomic mass is 9.96. The lowest BCUT2D eigenvalue weighted by Gasteiger charge is -2.34. The van der Waals surface area contributed by atoms with Crippen molar-refractivity contribution in [3.63, 3.8) is 0 Å². The lowest BCUT2D eigenvalue weighted by Crippen LogP contribution is -2.64. The Balaban J connectivity index is 2.13. The summed E-state index contributed by atoms with van der Waals surface area (Å²) >= 11 is 0. The third-order valence-corrected chi connectivity index (χ3v) is 5.85. The van der Waals surface area contributed by atoms with E-state index in [0.29, 0.717) is 16.7 Å². The number of phosphoric ester groups is 1. The van der Waals surface area contributed by atoms with Gasteiger partial charge in [-0.1, -0.05) is 24.0 Å². The third-order valence-electron chi connectivity index (χ3n) is 5.37. The molecule has 0 bridgehead atoms. The molecule has 2 rings (SSSR count). The second kappa shape index (κ2) is 11.9. The van der Waals surface area contributed by atoms with Crippen LogP contribution in [0.5, 0.6) is 0 Å². The molecular formula is C23H26N3O9P. The van der Waals surface area contributed by atoms with E-state index in [-0.39, 0.29) is 5.56 Å². The number of nitrogens with one attached hydrogen (secondary N) is 2. The molecule has 0 radical (unpaired) electrons. The molecule has 0 saturated heterocycles. The van der Waals surface area contributed by atoms with Crippen LogP contribution in [0.2, 0.25) is 0 Å². The molecule has 0 aliphatic carbocycles. The minimum Gasteiger partial charge on any atom is -0.386 e. The molecule has 3 amide bonds. The van der Waals surface area contributed by atoms with Gasteiger partial charge in [0.05, 0.1) is 6.61 Å². The van der Waals surface area contributed by atoms with Crippen LogP contribution in [-0.2, 0) is 18.7 Å². The highest BCUT2D eigenvalue weighted by atomic mass is 31.2. The molecule has 0 heterocycles. The number of carbonyl (C=O) groups excluding carboxylic acids is 3. The smallest absolute Gasteiger partial charge is 0.386 e. The first-order valence-electron chi connectivity index (χ1n) is 10.4. The van der Waals surface area contributed by atoms with Crippen LogP contribution in [0.15, 0.2) is 48.5 Å². The molecule has 0 aliphatic rings. The first kappa shape index (κ1) is 28.7. The van der Waals surface area contributed by atoms with Crippen LogP contribution >= 0.6 is 7.82 Å². The molecule has 13 heteroatoms. The molecule has 6 N–H and O–H groups in total. The summed E-state index contributed by atoms with van der Waals surface area (Å²) in [6, 6.07) is 12.4. The molecule has 0 spiro atoms. The molecule has 2 aromatic carbocycles. The number of phosphoric acid groups is 1. The van der Waals surface area contributed by atoms with E-state index in [1.807, 2.05) is 0 Å². The monoisotopic (exact) mass is 519 g/mol. The molecule has 2 atom stereocenters. The van der Waals surface area contributed by atoms with Gasteiger partial charge in [0.1, 0.15) is 6.10 Å². The number of carbonyl (C=O) groups is 3. The molecule has 36 heavy (non-hydrogen) atoms. The Hall–Kier alpha value is -3.56. The molecule has 0 fully saturated rings. The maximum absolute atomic E-state index is 12.9. The molecule has 0 aliphatic heterocycles. The van der Waals surface area contributed by atoms with Gasteiger partial charge in [-0.05, 0) is 48.9 Å². The van der Waals surface area contributed by atoms with Crippen molar-refractivity contribution in [1.29, 1.82) is 0 Å². The van der Waals surface area contributed by atoms with E-state index >= 15 is 0 Å². The van der Waals surface area contributed by atoms with Crippen molar-refractivity contribution in [2.45, 2.75) is 18.6 Å². The second-order valence-electron chi connectivity index (χ2n) is 7.71. The number of aliphatic hydroxyl groups is 1. The van der Waals surface area contributed by atoms with Gasteiger partial charge < -0.3 is 25.1 Å². The number of nitrogens with zero attached hydrogens (tertiary/aromatic N) is 1. The van der Waals surface area contributed by atoms with Gasteiger partial charge in [0.25, 0.3) is 17.7 Å². The molecule has 0 aromatic heterocycles. The van der Waals surface area contributed by atoms with E-state index in [1.165, 1.54) is 38.6 Å². The maximum Gasteiger partial charge on any atom is 0.469 e. The molecule has 0 saturated carbocycles. The number of hydrogen-bond acceptors (Lipinski definition) is 7. The van der Waals surface area contributed by atoms with Crippen LogP contribution in [-0.4, -0.2) is 69.0 Å². The Morgan fingerprint density at radius 1 is 1.03 bits per heavy atom. The molecule has 2 aromatic rings. The van der Waals surface area contributed by atoms with Crippen molar-refractivity contribution in [1.82, 2.24) is 15.7 Å². The molecule has 192 valence electrons. The van der Waals surface area contributed by atoms with Crippen LogP contribution in [0, 0.1) is 11.8 Å². The summed E-state index contributed by atoms with van der Waals surface area (Å²) in [4.78, 5) is 55.6. The van der Waals surface area contributed by atoms with E-state index < -0.39 is 43.8 Å². The van der Waals surface area contributed by atoms with Gasteiger partial charge in [0.15, 0.2) is 5.54 Å². The maximum atomic E-state index is 12.9. The van der Waals surface area contributed by atoms with E-state index in [4.69, 9.17) is 15.0 Å². The van der Waals surface area contributed by atoms with Crippen molar-refractivity contribution in [3.8, 4) is 11.8 Å². The number of hydrogen-bond donors (Lipinski definition) is 6. The number of benzene rings is 2. The van der Waals surface area contributed by atoms with E-state index in [9.17, 15) is 24.1 Å². The SMILES string of the molecule is CNC(=O)C(C)(C(=O)NO)N(C)C(=O)c1ccc(C#Cc2ccc([C@H](O)COP(=O)(O)O)cc2)cc1. The number of amides is 3. The fourth-order valence-corrected chi connectivity index (χ4v) is 3.39. The highest BCUT2D eigenvalue weighted by Crippen LogP contribution is 2.37. The first-order valence-corrected chi connectivity index (χ1v) is 11.9. The van der Waals surface area contributed by atoms with Crippen LogP contribution in [0.25, 0.3) is 0 Å². The average Bonchev–Trinajstić information content (AvgIpc) is 2.88. The predicted molar refractivity (Wildman–Crippen MR) is 126 cm³/mol. The Kier molecular flexibility index (Phi) is 9.49. The van der Waals surface area contributed by atoms with E-state index in [0.717, 1.165) is 4.90 Å². The van der Waals surface area contributed by atoms with Gasteiger partial charge in [-0.15, -0.1) is 0 Å². The standard InChI is InChI=1S/C23H26N3O9P/c1-23(21(29)24-2,22(30)25-31)26(3)20(28)18-12-8-16(9-13-18)5-4-15-6-10-17(11-7-15)19(27)14-35-36(32,33)34/h6-13,19,27,31H,14H2,1-3H3,(H,24,29)(H,25,30)(H2,32,33,34)/t19-,23?/m1/s1. The quantitative estimate of drug-likeness (QED) is 0.0939. The summed E-state index contributed by atoms with van der Waals surface area (Å²) in [6.07, 6.45) is -1.23. The summed E-state index contributed by atoms with van der Waals surface area (Å²) in [7, 11) is -2.12. The fourth-order valence-electron chi connectivity index (χ4n) is 3.05. The highest BCUT2D eigenvalue weighted by molar-refractivity contribution is 7.46. The summed E-state index contributed by atoms with van der Waals surface area (Å²) in [5, 5.41) is 21.3. The number of likely N-dealkylation sites (N-methyl/N-ethyl adjacent to an activating group) is 2. The zero-order valence-corrected chi connectivity index (χ0v) is 20.5. The van der Waals surface area contributed by atoms with Gasteiger partial charge in [0, 0.05) is 30.8 Å².